The van der Waals surface area contributed by atoms with Crippen molar-refractivity contribution in [3.63, 3.8) is 0 Å². The van der Waals surface area contributed by atoms with Gasteiger partial charge < -0.3 is 14.9 Å². The van der Waals surface area contributed by atoms with E-state index < -0.39 is 11.4 Å². The summed E-state index contributed by atoms with van der Waals surface area (Å²) < 4.78 is 5.59. The first-order valence-corrected chi connectivity index (χ1v) is 14.8. The maximum atomic E-state index is 13.8. The van der Waals surface area contributed by atoms with Crippen molar-refractivity contribution < 1.29 is 24.5 Å². The van der Waals surface area contributed by atoms with Gasteiger partial charge in [-0.15, -0.1) is 0 Å². The summed E-state index contributed by atoms with van der Waals surface area (Å²) in [4.78, 5) is 27.5. The van der Waals surface area contributed by atoms with E-state index in [9.17, 15) is 19.8 Å². The number of ketones is 1. The number of benzene rings is 2. The molecule has 0 saturated heterocycles. The molecule has 2 rings (SSSR count). The molecule has 0 bridgehead atoms. The van der Waals surface area contributed by atoms with Gasteiger partial charge in [-0.25, -0.2) is 0 Å². The Kier molecular flexibility index (Phi) is 9.61. The third-order valence-corrected chi connectivity index (χ3v) is 7.92. The second-order valence-corrected chi connectivity index (χ2v) is 15.8. The minimum atomic E-state index is -1.49. The second-order valence-electron chi connectivity index (χ2n) is 15.8. The Morgan fingerprint density at radius 1 is 0.610 bits per heavy atom. The molecule has 2 N–H and O–H groups in total. The molecule has 0 aliphatic rings. The smallest absolute Gasteiger partial charge is 0.320 e. The van der Waals surface area contributed by atoms with Crippen molar-refractivity contribution in [2.24, 2.45) is 5.41 Å². The van der Waals surface area contributed by atoms with Crippen LogP contribution in [0.1, 0.15) is 130 Å². The molecule has 2 aromatic carbocycles. The van der Waals surface area contributed by atoms with Crippen LogP contribution in [0.2, 0.25) is 0 Å². The lowest BCUT2D eigenvalue weighted by Gasteiger charge is -2.33. The highest BCUT2D eigenvalue weighted by Gasteiger charge is 2.46. The third-order valence-electron chi connectivity index (χ3n) is 7.92. The number of rotatable bonds is 7. The van der Waals surface area contributed by atoms with Crippen LogP contribution in [0.3, 0.4) is 0 Å². The van der Waals surface area contributed by atoms with Crippen LogP contribution in [0.15, 0.2) is 24.3 Å². The number of hydrogen-bond donors (Lipinski definition) is 2. The summed E-state index contributed by atoms with van der Waals surface area (Å²) in [6.45, 7) is 27.9. The van der Waals surface area contributed by atoms with Crippen LogP contribution in [0.4, 0.5) is 0 Å². The highest BCUT2D eigenvalue weighted by molar-refractivity contribution is 6.03. The number of carbonyl (C=O) groups excluding carboxylic acids is 2. The molecule has 5 heteroatoms. The lowest BCUT2D eigenvalue weighted by molar-refractivity contribution is -0.159. The van der Waals surface area contributed by atoms with Gasteiger partial charge >= 0.3 is 5.97 Å². The molecule has 0 radical (unpaired) electrons. The summed E-state index contributed by atoms with van der Waals surface area (Å²) in [5.41, 5.74) is 1.77. The fourth-order valence-electron chi connectivity index (χ4n) is 5.45. The van der Waals surface area contributed by atoms with Gasteiger partial charge in [0.15, 0.2) is 0 Å². The van der Waals surface area contributed by atoms with Gasteiger partial charge in [0.1, 0.15) is 22.7 Å². The van der Waals surface area contributed by atoms with Gasteiger partial charge in [0.25, 0.3) is 0 Å². The third kappa shape index (κ3) is 7.53. The Morgan fingerprint density at radius 3 is 1.07 bits per heavy atom. The Labute approximate surface area is 248 Å². The summed E-state index contributed by atoms with van der Waals surface area (Å²) >= 11 is 0. The lowest BCUT2D eigenvalue weighted by atomic mass is 9.70. The van der Waals surface area contributed by atoms with Crippen LogP contribution in [0.5, 0.6) is 11.5 Å². The molecular formula is C36H54O5. The maximum Gasteiger partial charge on any atom is 0.320 e. The Hall–Kier alpha value is -2.82. The molecule has 0 aliphatic carbocycles. The van der Waals surface area contributed by atoms with Crippen molar-refractivity contribution >= 4 is 11.8 Å². The summed E-state index contributed by atoms with van der Waals surface area (Å²) in [6.07, 6.45) is 0.258. The predicted octanol–water partition coefficient (Wildman–Crippen LogP) is 8.21. The van der Waals surface area contributed by atoms with E-state index in [0.29, 0.717) is 0 Å². The molecule has 41 heavy (non-hydrogen) atoms. The highest BCUT2D eigenvalue weighted by Crippen LogP contribution is 2.44. The molecule has 0 amide bonds. The van der Waals surface area contributed by atoms with Crippen molar-refractivity contribution in [1.82, 2.24) is 0 Å². The van der Waals surface area contributed by atoms with Crippen LogP contribution in [0, 0.1) is 5.41 Å². The molecule has 0 heterocycles. The zero-order chi connectivity index (χ0) is 31.9. The maximum absolute atomic E-state index is 13.8. The van der Waals surface area contributed by atoms with E-state index in [-0.39, 0.29) is 58.4 Å². The number of carbonyl (C=O) groups is 2. The zero-order valence-electron chi connectivity index (χ0n) is 28.0. The molecule has 228 valence electrons. The first-order valence-electron chi connectivity index (χ1n) is 14.8. The average Bonchev–Trinajstić information content (AvgIpc) is 2.77. The molecule has 0 aliphatic heterocycles. The largest absolute Gasteiger partial charge is 0.507 e. The summed E-state index contributed by atoms with van der Waals surface area (Å²) in [7, 11) is 0. The number of hydrogen-bond acceptors (Lipinski definition) is 5. The van der Waals surface area contributed by atoms with E-state index in [0.717, 1.165) is 33.4 Å². The van der Waals surface area contributed by atoms with E-state index in [1.54, 1.807) is 6.92 Å². The molecular weight excluding hydrogens is 512 g/mol. The Bertz CT molecular complexity index is 1130. The van der Waals surface area contributed by atoms with Gasteiger partial charge in [-0.1, -0.05) is 107 Å². The van der Waals surface area contributed by atoms with E-state index in [2.05, 4.69) is 0 Å². The van der Waals surface area contributed by atoms with E-state index in [4.69, 9.17) is 4.74 Å². The van der Waals surface area contributed by atoms with Crippen LogP contribution in [-0.4, -0.2) is 28.6 Å². The number of phenolic OH excluding ortho intramolecular Hbond substituents is 2. The SMILES string of the molecule is CCOC(=O)C(Cc1cc(C(C)(C)C)c(O)c(C(C)(C)C)c1)(Cc1cc(C(C)(C)C)c(O)c(C(C)(C)C)c1)C(C)=O. The molecule has 0 spiro atoms. The van der Waals surface area contributed by atoms with Crippen LogP contribution < -0.4 is 0 Å². The minimum Gasteiger partial charge on any atom is -0.507 e. The van der Waals surface area contributed by atoms with Crippen molar-refractivity contribution in [2.45, 2.75) is 131 Å². The summed E-state index contributed by atoms with van der Waals surface area (Å²) in [5.74, 6) is -0.331. The van der Waals surface area contributed by atoms with E-state index in [1.807, 2.05) is 107 Å². The topological polar surface area (TPSA) is 83.8 Å². The zero-order valence-corrected chi connectivity index (χ0v) is 28.0. The number of ether oxygens (including phenoxy) is 1. The lowest BCUT2D eigenvalue weighted by Crippen LogP contribution is -2.44. The molecule has 0 unspecified atom stereocenters. The van der Waals surface area contributed by atoms with Gasteiger partial charge in [-0.2, -0.15) is 0 Å². The van der Waals surface area contributed by atoms with Crippen LogP contribution in [-0.2, 0) is 48.8 Å². The van der Waals surface area contributed by atoms with Crippen LogP contribution >= 0.6 is 0 Å². The van der Waals surface area contributed by atoms with E-state index >= 15 is 0 Å². The van der Waals surface area contributed by atoms with Gasteiger partial charge in [0.2, 0.25) is 0 Å². The van der Waals surface area contributed by atoms with Gasteiger partial charge in [0, 0.05) is 0 Å². The first kappa shape index (κ1) is 34.4. The fourth-order valence-corrected chi connectivity index (χ4v) is 5.45. The first-order chi connectivity index (χ1) is 18.4. The normalized spacial score (nSPS) is 13.3. The number of esters is 1. The van der Waals surface area contributed by atoms with Crippen molar-refractivity contribution in [3.05, 3.63) is 57.6 Å². The van der Waals surface area contributed by atoms with Gasteiger partial charge in [-0.05, 0) is 81.7 Å². The quantitative estimate of drug-likeness (QED) is 0.261. The van der Waals surface area contributed by atoms with Gasteiger partial charge in [0.05, 0.1) is 6.61 Å². The molecule has 2 aromatic rings. The summed E-state index contributed by atoms with van der Waals surface area (Å²) in [5, 5.41) is 22.6. The predicted molar refractivity (Wildman–Crippen MR) is 168 cm³/mol. The molecule has 0 fully saturated rings. The van der Waals surface area contributed by atoms with Crippen molar-refractivity contribution in [2.75, 3.05) is 6.61 Å². The molecule has 0 aromatic heterocycles. The van der Waals surface area contributed by atoms with Crippen molar-refractivity contribution in [1.29, 1.82) is 0 Å². The van der Waals surface area contributed by atoms with Gasteiger partial charge in [-0.3, -0.25) is 9.59 Å². The summed E-state index contributed by atoms with van der Waals surface area (Å²) in [6, 6.07) is 7.72. The molecule has 5 nitrogen and oxygen atoms in total. The number of phenols is 2. The molecule has 0 atom stereocenters. The number of Topliss-reactive ketones (excluding diaryl/α,β-unsaturated/α-hetero) is 1. The average molecular weight is 567 g/mol. The molecule has 0 saturated carbocycles. The Balaban J connectivity index is 2.92. The minimum absolute atomic E-state index is 0.129. The standard InChI is InChI=1S/C36H54O5/c1-15-41-31(40)36(22(2)37,20-23-16-25(32(3,4)5)29(38)26(17-23)33(6,7)8)21-24-18-27(34(9,10)11)30(39)28(19-24)35(12,13)14/h16-19,38-39H,15,20-21H2,1-14H3. The van der Waals surface area contributed by atoms with Crippen molar-refractivity contribution in [3.8, 4) is 11.5 Å². The van der Waals surface area contributed by atoms with E-state index in [1.165, 1.54) is 6.92 Å². The highest BCUT2D eigenvalue weighted by atomic mass is 16.5. The second kappa shape index (κ2) is 11.5. The van der Waals surface area contributed by atoms with Crippen LogP contribution in [0.25, 0.3) is 0 Å². The Morgan fingerprint density at radius 2 is 0.878 bits per heavy atom. The fraction of sp³-hybridized carbons (Fsp3) is 0.611. The number of aromatic hydroxyl groups is 2. The monoisotopic (exact) mass is 566 g/mol.